The van der Waals surface area contributed by atoms with Crippen LogP contribution in [0.5, 0.6) is 0 Å². The van der Waals surface area contributed by atoms with Gasteiger partial charge in [0.05, 0.1) is 0 Å². The number of rotatable bonds is 7. The summed E-state index contributed by atoms with van der Waals surface area (Å²) in [6.07, 6.45) is 2.37. The molecule has 3 N–H and O–H groups in total. The van der Waals surface area contributed by atoms with Crippen LogP contribution >= 0.6 is 7.80 Å². The van der Waals surface area contributed by atoms with Gasteiger partial charge in [0.25, 0.3) is 5.91 Å². The zero-order valence-corrected chi connectivity index (χ0v) is 21.2. The normalized spacial score (nSPS) is 10.1. The van der Waals surface area contributed by atoms with Gasteiger partial charge in [0.15, 0.2) is 6.29 Å². The van der Waals surface area contributed by atoms with E-state index in [0.717, 1.165) is 23.5 Å². The molecule has 1 aromatic heterocycles. The molecule has 0 aliphatic rings. The Labute approximate surface area is 198 Å². The van der Waals surface area contributed by atoms with Crippen LogP contribution < -0.4 is 16.0 Å². The Balaban J connectivity index is 0.000000520. The maximum Gasteiger partial charge on any atom is 0.350 e. The number of carbonyl (C=O) groups excluding carboxylic acids is 1. The first-order chi connectivity index (χ1) is 15.9. The van der Waals surface area contributed by atoms with Crippen molar-refractivity contribution in [1.29, 1.82) is 0 Å². The van der Waals surface area contributed by atoms with Crippen LogP contribution in [0, 0.1) is 13.8 Å². The number of aromatic nitrogens is 2. The van der Waals surface area contributed by atoms with Crippen LogP contribution in [0.3, 0.4) is 0 Å². The number of nitrogens with one attached hydrogen (secondary N) is 3. The van der Waals surface area contributed by atoms with Gasteiger partial charge in [-0.3, -0.25) is 10.1 Å². The van der Waals surface area contributed by atoms with E-state index in [0.29, 0.717) is 23.5 Å². The minimum absolute atomic E-state index is 0.141. The van der Waals surface area contributed by atoms with E-state index in [2.05, 4.69) is 25.9 Å². The molecule has 0 aliphatic heterocycles. The quantitative estimate of drug-likeness (QED) is 0.361. The Bertz CT molecular complexity index is 1010. The smallest absolute Gasteiger partial charge is 0.324 e. The summed E-state index contributed by atoms with van der Waals surface area (Å²) in [7, 11) is -0.967. The number of hydrogen-bond donors (Lipinski definition) is 3. The maximum atomic E-state index is 12.3. The Morgan fingerprint density at radius 3 is 2.30 bits per heavy atom. The standard InChI is InChI=1S/C19H18N4O.C4H11NOP.C2H6/c1-13-8-9-16(22-18(24)15-6-4-3-5-7-15)12-17(13)23-19-20-11-10-14(2)21-19;1-3-5-4-7(2)6;1-2/h3-12H,1-2H3,(H,22,24)(H,20,21,23);5H,3-4H2,1-2H3;1-2H3/q;+1;. The first kappa shape index (κ1) is 27.9. The number of anilines is 3. The summed E-state index contributed by atoms with van der Waals surface area (Å²) in [5.41, 5.74) is 4.11. The fourth-order valence-electron chi connectivity index (χ4n) is 2.53. The van der Waals surface area contributed by atoms with Crippen LogP contribution in [0.4, 0.5) is 17.3 Å². The molecule has 0 fully saturated rings. The van der Waals surface area contributed by atoms with E-state index >= 15 is 0 Å². The highest BCUT2D eigenvalue weighted by Crippen LogP contribution is 2.23. The molecule has 0 saturated carbocycles. The second-order valence-corrected chi connectivity index (χ2v) is 8.46. The number of hydrogen-bond acceptors (Lipinski definition) is 6. The Morgan fingerprint density at radius 1 is 1.03 bits per heavy atom. The van der Waals surface area contributed by atoms with Crippen molar-refractivity contribution in [2.24, 2.45) is 0 Å². The van der Waals surface area contributed by atoms with Crippen molar-refractivity contribution in [3.8, 4) is 0 Å². The molecule has 1 amide bonds. The van der Waals surface area contributed by atoms with Crippen LogP contribution in [0.2, 0.25) is 0 Å². The van der Waals surface area contributed by atoms with E-state index in [9.17, 15) is 9.36 Å². The SMILES string of the molecule is CC.CCNC[P+](C)=O.Cc1ccnc(Nc2cc(NC(=O)c3ccccc3)ccc2C)n1. The summed E-state index contributed by atoms with van der Waals surface area (Å²) < 4.78 is 10.3. The van der Waals surface area contributed by atoms with Crippen molar-refractivity contribution in [3.63, 3.8) is 0 Å². The van der Waals surface area contributed by atoms with Crippen molar-refractivity contribution in [3.05, 3.63) is 77.6 Å². The van der Waals surface area contributed by atoms with Crippen molar-refractivity contribution in [1.82, 2.24) is 15.3 Å². The molecular formula is C25H35N5O2P+. The van der Waals surface area contributed by atoms with E-state index in [1.807, 2.05) is 77.1 Å². The topological polar surface area (TPSA) is 96.0 Å². The minimum Gasteiger partial charge on any atom is -0.324 e. The number of benzene rings is 2. The van der Waals surface area contributed by atoms with Crippen molar-refractivity contribution in [2.75, 3.05) is 30.1 Å². The molecule has 0 aliphatic carbocycles. The highest BCUT2D eigenvalue weighted by Gasteiger charge is 2.08. The molecule has 0 bridgehead atoms. The summed E-state index contributed by atoms with van der Waals surface area (Å²) in [6.45, 7) is 12.5. The van der Waals surface area contributed by atoms with Gasteiger partial charge in [0.2, 0.25) is 5.95 Å². The van der Waals surface area contributed by atoms with Gasteiger partial charge < -0.3 is 10.6 Å². The predicted octanol–water partition coefficient (Wildman–Crippen LogP) is 6.13. The molecule has 0 saturated heterocycles. The summed E-state index contributed by atoms with van der Waals surface area (Å²) in [4.78, 5) is 20.8. The fraction of sp³-hybridized carbons (Fsp3) is 0.320. The average molecular weight is 469 g/mol. The Morgan fingerprint density at radius 2 is 1.73 bits per heavy atom. The minimum atomic E-state index is -0.967. The molecule has 1 atom stereocenters. The lowest BCUT2D eigenvalue weighted by molar-refractivity contribution is 0.102. The van der Waals surface area contributed by atoms with Gasteiger partial charge in [0, 0.05) is 28.8 Å². The van der Waals surface area contributed by atoms with Gasteiger partial charge in [-0.2, -0.15) is 0 Å². The van der Waals surface area contributed by atoms with Gasteiger partial charge in [-0.25, -0.2) is 9.97 Å². The van der Waals surface area contributed by atoms with Crippen LogP contribution in [0.1, 0.15) is 42.4 Å². The lowest BCUT2D eigenvalue weighted by atomic mass is 10.1. The molecular weight excluding hydrogens is 433 g/mol. The largest absolute Gasteiger partial charge is 0.350 e. The molecule has 2 aromatic carbocycles. The van der Waals surface area contributed by atoms with E-state index < -0.39 is 7.80 Å². The van der Waals surface area contributed by atoms with Crippen LogP contribution in [0.15, 0.2) is 60.8 Å². The van der Waals surface area contributed by atoms with Gasteiger partial charge in [-0.15, -0.1) is 0 Å². The molecule has 8 heteroatoms. The van der Waals surface area contributed by atoms with Crippen LogP contribution in [-0.4, -0.2) is 35.4 Å². The first-order valence-corrected chi connectivity index (χ1v) is 12.9. The van der Waals surface area contributed by atoms with E-state index in [-0.39, 0.29) is 5.91 Å². The summed E-state index contributed by atoms with van der Waals surface area (Å²) >= 11 is 0. The second kappa shape index (κ2) is 15.6. The second-order valence-electron chi connectivity index (χ2n) is 6.89. The zero-order valence-electron chi connectivity index (χ0n) is 20.3. The van der Waals surface area contributed by atoms with Crippen molar-refractivity contribution >= 4 is 31.0 Å². The summed E-state index contributed by atoms with van der Waals surface area (Å²) in [6, 6.07) is 16.7. The Hall–Kier alpha value is -3.15. The van der Waals surface area contributed by atoms with Gasteiger partial charge in [0.1, 0.15) is 6.66 Å². The first-order valence-electron chi connectivity index (χ1n) is 11.0. The maximum absolute atomic E-state index is 12.3. The molecule has 0 radical (unpaired) electrons. The number of nitrogens with zero attached hydrogens (tertiary/aromatic N) is 2. The Kier molecular flexibility index (Phi) is 13.2. The van der Waals surface area contributed by atoms with Crippen LogP contribution in [-0.2, 0) is 4.57 Å². The van der Waals surface area contributed by atoms with Crippen molar-refractivity contribution < 1.29 is 9.36 Å². The highest BCUT2D eigenvalue weighted by atomic mass is 31.1. The molecule has 1 heterocycles. The summed E-state index contributed by atoms with van der Waals surface area (Å²) in [5.74, 6) is 0.391. The molecule has 176 valence electrons. The molecule has 7 nitrogen and oxygen atoms in total. The fourth-order valence-corrected chi connectivity index (χ4v) is 3.06. The third-order valence-corrected chi connectivity index (χ3v) is 4.83. The summed E-state index contributed by atoms with van der Waals surface area (Å²) in [5, 5.41) is 9.06. The number of amides is 1. The van der Waals surface area contributed by atoms with E-state index in [4.69, 9.17) is 0 Å². The molecule has 3 aromatic rings. The monoisotopic (exact) mass is 468 g/mol. The highest BCUT2D eigenvalue weighted by molar-refractivity contribution is 7.43. The zero-order chi connectivity index (χ0) is 24.6. The average Bonchev–Trinajstić information content (AvgIpc) is 2.82. The third-order valence-electron chi connectivity index (χ3n) is 4.16. The van der Waals surface area contributed by atoms with Gasteiger partial charge in [-0.05, 0) is 56.3 Å². The van der Waals surface area contributed by atoms with Gasteiger partial charge >= 0.3 is 7.80 Å². The number of aryl methyl sites for hydroxylation is 2. The molecule has 1 unspecified atom stereocenters. The van der Waals surface area contributed by atoms with E-state index in [1.165, 1.54) is 0 Å². The third kappa shape index (κ3) is 10.8. The molecule has 0 spiro atoms. The molecule has 3 rings (SSSR count). The van der Waals surface area contributed by atoms with Crippen molar-refractivity contribution in [2.45, 2.75) is 34.6 Å². The predicted molar refractivity (Wildman–Crippen MR) is 139 cm³/mol. The number of carbonyl (C=O) groups is 1. The molecule has 33 heavy (non-hydrogen) atoms. The lowest BCUT2D eigenvalue weighted by Crippen LogP contribution is -2.12. The van der Waals surface area contributed by atoms with E-state index in [1.54, 1.807) is 25.0 Å². The lowest BCUT2D eigenvalue weighted by Gasteiger charge is -2.11. The van der Waals surface area contributed by atoms with Gasteiger partial charge in [-0.1, -0.05) is 49.6 Å². The van der Waals surface area contributed by atoms with Crippen LogP contribution in [0.25, 0.3) is 0 Å².